The van der Waals surface area contributed by atoms with Crippen LogP contribution in [-0.2, 0) is 9.53 Å². The summed E-state index contributed by atoms with van der Waals surface area (Å²) >= 11 is 0. The van der Waals surface area contributed by atoms with E-state index in [9.17, 15) is 9.59 Å². The molecule has 0 aliphatic heterocycles. The van der Waals surface area contributed by atoms with Gasteiger partial charge in [0.1, 0.15) is 0 Å². The molecule has 0 aliphatic carbocycles. The molecule has 5 nitrogen and oxygen atoms in total. The van der Waals surface area contributed by atoms with Crippen LogP contribution in [-0.4, -0.2) is 24.3 Å². The van der Waals surface area contributed by atoms with Gasteiger partial charge in [-0.3, -0.25) is 0 Å². The smallest absolute Gasteiger partial charge is 0.407 e. The third-order valence-electron chi connectivity index (χ3n) is 2.19. The highest BCUT2D eigenvalue weighted by atomic mass is 16.5. The van der Waals surface area contributed by atoms with Crippen LogP contribution in [0.5, 0.6) is 0 Å². The summed E-state index contributed by atoms with van der Waals surface area (Å²) in [6.45, 7) is 1.78. The Morgan fingerprint density at radius 2 is 2.00 bits per heavy atom. The van der Waals surface area contributed by atoms with E-state index in [1.54, 1.807) is 31.2 Å². The SMILES string of the molecule is COC(=O)NC(C(=O)O)c1ccccc1C. The standard InChI is InChI=1S/C11H13NO4/c1-7-5-3-4-6-8(7)9(10(13)14)12-11(15)16-2/h3-6,9H,1-2H3,(H,12,15)(H,13,14). The van der Waals surface area contributed by atoms with E-state index >= 15 is 0 Å². The molecule has 0 radical (unpaired) electrons. The normalized spacial score (nSPS) is 11.6. The van der Waals surface area contributed by atoms with Gasteiger partial charge in [0.15, 0.2) is 6.04 Å². The van der Waals surface area contributed by atoms with Crippen molar-refractivity contribution in [2.24, 2.45) is 0 Å². The molecule has 86 valence electrons. The Morgan fingerprint density at radius 1 is 1.38 bits per heavy atom. The maximum atomic E-state index is 11.0. The summed E-state index contributed by atoms with van der Waals surface area (Å²) in [6.07, 6.45) is -0.768. The minimum absolute atomic E-state index is 0.542. The summed E-state index contributed by atoms with van der Waals surface area (Å²) in [6, 6.07) is 5.87. The van der Waals surface area contributed by atoms with Crippen molar-refractivity contribution in [1.82, 2.24) is 5.32 Å². The summed E-state index contributed by atoms with van der Waals surface area (Å²) in [5.74, 6) is -1.13. The molecule has 0 aromatic heterocycles. The summed E-state index contributed by atoms with van der Waals surface area (Å²) in [5.41, 5.74) is 1.34. The van der Waals surface area contributed by atoms with Gasteiger partial charge in [0.05, 0.1) is 7.11 Å². The number of hydrogen-bond donors (Lipinski definition) is 2. The fraction of sp³-hybridized carbons (Fsp3) is 0.273. The molecule has 0 spiro atoms. The predicted octanol–water partition coefficient (Wildman–Crippen LogP) is 1.48. The Hall–Kier alpha value is -2.04. The number of carboxylic acid groups (broad SMARTS) is 1. The van der Waals surface area contributed by atoms with Crippen molar-refractivity contribution in [2.45, 2.75) is 13.0 Å². The van der Waals surface area contributed by atoms with Gasteiger partial charge in [-0.1, -0.05) is 24.3 Å². The molecule has 1 amide bonds. The summed E-state index contributed by atoms with van der Waals surface area (Å²) in [5, 5.41) is 11.3. The van der Waals surface area contributed by atoms with Crippen LogP contribution in [0, 0.1) is 6.92 Å². The third-order valence-corrected chi connectivity index (χ3v) is 2.19. The van der Waals surface area contributed by atoms with Gasteiger partial charge in [0, 0.05) is 0 Å². The van der Waals surface area contributed by atoms with Crippen molar-refractivity contribution in [1.29, 1.82) is 0 Å². The first-order valence-electron chi connectivity index (χ1n) is 4.69. The highest BCUT2D eigenvalue weighted by molar-refractivity contribution is 5.81. The lowest BCUT2D eigenvalue weighted by Crippen LogP contribution is -2.34. The Kier molecular flexibility index (Phi) is 3.88. The average Bonchev–Trinajstić information content (AvgIpc) is 2.26. The fourth-order valence-corrected chi connectivity index (χ4v) is 1.36. The molecule has 16 heavy (non-hydrogen) atoms. The van der Waals surface area contributed by atoms with E-state index in [0.29, 0.717) is 5.56 Å². The van der Waals surface area contributed by atoms with E-state index < -0.39 is 18.1 Å². The Labute approximate surface area is 93.0 Å². The molecule has 1 aromatic rings. The highest BCUT2D eigenvalue weighted by Crippen LogP contribution is 2.17. The van der Waals surface area contributed by atoms with Gasteiger partial charge in [0.2, 0.25) is 0 Å². The van der Waals surface area contributed by atoms with Crippen LogP contribution in [0.15, 0.2) is 24.3 Å². The average molecular weight is 223 g/mol. The zero-order chi connectivity index (χ0) is 12.1. The number of rotatable bonds is 3. The zero-order valence-corrected chi connectivity index (χ0v) is 9.06. The lowest BCUT2D eigenvalue weighted by atomic mass is 10.0. The van der Waals surface area contributed by atoms with Gasteiger partial charge in [0.25, 0.3) is 0 Å². The van der Waals surface area contributed by atoms with E-state index in [4.69, 9.17) is 5.11 Å². The first kappa shape index (κ1) is 12.0. The maximum absolute atomic E-state index is 11.0. The molecule has 0 saturated heterocycles. The number of carbonyl (C=O) groups is 2. The largest absolute Gasteiger partial charge is 0.479 e. The van der Waals surface area contributed by atoms with Gasteiger partial charge >= 0.3 is 12.1 Å². The number of benzene rings is 1. The molecule has 2 N–H and O–H groups in total. The van der Waals surface area contributed by atoms with Gasteiger partial charge in [-0.15, -0.1) is 0 Å². The number of carbonyl (C=O) groups excluding carboxylic acids is 1. The van der Waals surface area contributed by atoms with E-state index in [1.165, 1.54) is 7.11 Å². The van der Waals surface area contributed by atoms with Crippen LogP contribution in [0.25, 0.3) is 0 Å². The summed E-state index contributed by atoms with van der Waals surface area (Å²) in [4.78, 5) is 22.0. The Balaban J connectivity index is 2.99. The molecule has 1 atom stereocenters. The molecule has 0 fully saturated rings. The van der Waals surface area contributed by atoms with Crippen LogP contribution in [0.3, 0.4) is 0 Å². The Morgan fingerprint density at radius 3 is 2.50 bits per heavy atom. The first-order valence-corrected chi connectivity index (χ1v) is 4.69. The topological polar surface area (TPSA) is 75.6 Å². The van der Waals surface area contributed by atoms with E-state index in [0.717, 1.165) is 5.56 Å². The van der Waals surface area contributed by atoms with Crippen molar-refractivity contribution in [3.63, 3.8) is 0 Å². The lowest BCUT2D eigenvalue weighted by molar-refractivity contribution is -0.139. The van der Waals surface area contributed by atoms with Crippen molar-refractivity contribution in [2.75, 3.05) is 7.11 Å². The van der Waals surface area contributed by atoms with E-state index in [1.807, 2.05) is 0 Å². The van der Waals surface area contributed by atoms with Gasteiger partial charge in [-0.25, -0.2) is 9.59 Å². The number of aliphatic carboxylic acids is 1. The number of nitrogens with one attached hydrogen (secondary N) is 1. The quantitative estimate of drug-likeness (QED) is 0.813. The molecule has 5 heteroatoms. The zero-order valence-electron chi connectivity index (χ0n) is 9.06. The molecule has 1 rings (SSSR count). The van der Waals surface area contributed by atoms with Crippen LogP contribution >= 0.6 is 0 Å². The minimum Gasteiger partial charge on any atom is -0.479 e. The second kappa shape index (κ2) is 5.16. The molecule has 0 heterocycles. The molecule has 1 unspecified atom stereocenters. The second-order valence-corrected chi connectivity index (χ2v) is 3.26. The molecule has 0 aliphatic rings. The van der Waals surface area contributed by atoms with Crippen molar-refractivity contribution in [3.05, 3.63) is 35.4 Å². The molecule has 0 saturated carbocycles. The molecular formula is C11H13NO4. The first-order chi connectivity index (χ1) is 7.56. The van der Waals surface area contributed by atoms with Crippen LogP contribution < -0.4 is 5.32 Å². The van der Waals surface area contributed by atoms with E-state index in [2.05, 4.69) is 10.1 Å². The number of methoxy groups -OCH3 is 1. The molecule has 0 bridgehead atoms. The van der Waals surface area contributed by atoms with Crippen molar-refractivity contribution in [3.8, 4) is 0 Å². The fourth-order valence-electron chi connectivity index (χ4n) is 1.36. The van der Waals surface area contributed by atoms with Crippen molar-refractivity contribution < 1.29 is 19.4 Å². The minimum atomic E-state index is -1.13. The highest BCUT2D eigenvalue weighted by Gasteiger charge is 2.23. The van der Waals surface area contributed by atoms with Crippen molar-refractivity contribution >= 4 is 12.1 Å². The monoisotopic (exact) mass is 223 g/mol. The van der Waals surface area contributed by atoms with E-state index in [-0.39, 0.29) is 0 Å². The van der Waals surface area contributed by atoms with Crippen LogP contribution in [0.4, 0.5) is 4.79 Å². The van der Waals surface area contributed by atoms with Crippen LogP contribution in [0.1, 0.15) is 17.2 Å². The molecular weight excluding hydrogens is 210 g/mol. The third kappa shape index (κ3) is 2.73. The number of carboxylic acids is 1. The second-order valence-electron chi connectivity index (χ2n) is 3.26. The van der Waals surface area contributed by atoms with Gasteiger partial charge in [-0.05, 0) is 18.1 Å². The van der Waals surface area contributed by atoms with Gasteiger partial charge < -0.3 is 15.2 Å². The lowest BCUT2D eigenvalue weighted by Gasteiger charge is -2.15. The maximum Gasteiger partial charge on any atom is 0.407 e. The summed E-state index contributed by atoms with van der Waals surface area (Å²) < 4.78 is 4.38. The number of alkyl carbamates (subject to hydrolysis) is 1. The molecule has 1 aromatic carbocycles. The number of hydrogen-bond acceptors (Lipinski definition) is 3. The van der Waals surface area contributed by atoms with Gasteiger partial charge in [-0.2, -0.15) is 0 Å². The van der Waals surface area contributed by atoms with Crippen LogP contribution in [0.2, 0.25) is 0 Å². The predicted molar refractivity (Wildman–Crippen MR) is 57.1 cm³/mol. The number of amides is 1. The number of ether oxygens (including phenoxy) is 1. The summed E-state index contributed by atoms with van der Waals surface area (Å²) in [7, 11) is 1.19. The Bertz CT molecular complexity index is 403. The number of aryl methyl sites for hydroxylation is 1.